The topological polar surface area (TPSA) is 25.8 Å². The standard InChI is InChI=1S/C47H46N2.Pt/c1-44(2,3)33-21-23-48-42(29-33)31-15-14-16-35(25-31)47(40-19-12-10-17-38(40)39-18-11-13-20-41(39)47)37-27-32(26-36(28-37)46(7,8)9)43-30-34(22-24-49-43)45(4,5)6;/h10-24,26,28-30H,1-9H3;/q-2;+2. The molecule has 0 N–H and O–H groups in total. The van der Waals surface area contributed by atoms with Crippen LogP contribution in [0.3, 0.4) is 0 Å². The largest absolute Gasteiger partial charge is 2.00 e. The molecule has 0 spiro atoms. The van der Waals surface area contributed by atoms with Gasteiger partial charge in [0.05, 0.1) is 0 Å². The average molecular weight is 834 g/mol. The van der Waals surface area contributed by atoms with Crippen LogP contribution in [0, 0.1) is 12.1 Å². The minimum absolute atomic E-state index is 0. The first-order chi connectivity index (χ1) is 23.2. The van der Waals surface area contributed by atoms with Crippen LogP contribution in [0.2, 0.25) is 0 Å². The third-order valence-corrected chi connectivity index (χ3v) is 10.1. The van der Waals surface area contributed by atoms with Crippen LogP contribution in [0.5, 0.6) is 0 Å². The van der Waals surface area contributed by atoms with Gasteiger partial charge in [0, 0.05) is 17.8 Å². The van der Waals surface area contributed by atoms with Crippen molar-refractivity contribution in [1.29, 1.82) is 0 Å². The van der Waals surface area contributed by atoms with Crippen molar-refractivity contribution in [2.75, 3.05) is 0 Å². The van der Waals surface area contributed by atoms with E-state index in [0.717, 1.165) is 33.6 Å². The van der Waals surface area contributed by atoms with E-state index in [1.807, 2.05) is 12.4 Å². The van der Waals surface area contributed by atoms with Crippen LogP contribution in [-0.2, 0) is 42.7 Å². The van der Waals surface area contributed by atoms with E-state index in [2.05, 4.69) is 178 Å². The van der Waals surface area contributed by atoms with Gasteiger partial charge in [0.25, 0.3) is 0 Å². The van der Waals surface area contributed by atoms with Gasteiger partial charge in [-0.15, -0.1) is 70.3 Å². The van der Waals surface area contributed by atoms with Crippen molar-refractivity contribution in [3.05, 3.63) is 167 Å². The third-order valence-electron chi connectivity index (χ3n) is 10.1. The average Bonchev–Trinajstić information content (AvgIpc) is 3.38. The summed E-state index contributed by atoms with van der Waals surface area (Å²) in [5.41, 5.74) is 14.0. The number of benzene rings is 4. The fourth-order valence-corrected chi connectivity index (χ4v) is 7.23. The Hall–Kier alpha value is -4.13. The predicted molar refractivity (Wildman–Crippen MR) is 204 cm³/mol. The molecule has 7 rings (SSSR count). The van der Waals surface area contributed by atoms with Gasteiger partial charge in [-0.25, -0.2) is 0 Å². The molecule has 0 bridgehead atoms. The van der Waals surface area contributed by atoms with Crippen molar-refractivity contribution >= 4 is 0 Å². The number of hydrogen-bond acceptors (Lipinski definition) is 2. The van der Waals surface area contributed by atoms with E-state index < -0.39 is 5.41 Å². The third kappa shape index (κ3) is 6.22. The molecule has 2 aromatic heterocycles. The van der Waals surface area contributed by atoms with Crippen LogP contribution in [0.25, 0.3) is 33.6 Å². The number of rotatable bonds is 4. The minimum atomic E-state index is -0.664. The maximum Gasteiger partial charge on any atom is 2.00 e. The van der Waals surface area contributed by atoms with Gasteiger partial charge in [-0.3, -0.25) is 0 Å². The molecule has 0 unspecified atom stereocenters. The first-order valence-electron chi connectivity index (χ1n) is 17.4. The second kappa shape index (κ2) is 12.9. The molecule has 0 saturated carbocycles. The summed E-state index contributed by atoms with van der Waals surface area (Å²) < 4.78 is 0. The molecule has 0 aliphatic heterocycles. The van der Waals surface area contributed by atoms with Gasteiger partial charge < -0.3 is 9.97 Å². The molecular weight excluding hydrogens is 788 g/mol. The zero-order chi connectivity index (χ0) is 34.8. The molecule has 4 aromatic carbocycles. The molecular formula is C47H46N2Pt. The Bertz CT molecular complexity index is 2140. The molecule has 50 heavy (non-hydrogen) atoms. The number of aromatic nitrogens is 2. The zero-order valence-electron chi connectivity index (χ0n) is 30.7. The van der Waals surface area contributed by atoms with Gasteiger partial charge in [-0.1, -0.05) is 123 Å². The van der Waals surface area contributed by atoms with E-state index in [1.54, 1.807) is 0 Å². The molecule has 2 nitrogen and oxygen atoms in total. The minimum Gasteiger partial charge on any atom is -0.305 e. The first kappa shape index (κ1) is 35.7. The Morgan fingerprint density at radius 3 is 1.46 bits per heavy atom. The molecule has 6 aromatic rings. The van der Waals surface area contributed by atoms with Crippen molar-refractivity contribution in [3.63, 3.8) is 0 Å². The van der Waals surface area contributed by atoms with E-state index in [9.17, 15) is 0 Å². The van der Waals surface area contributed by atoms with E-state index in [-0.39, 0.29) is 37.3 Å². The summed E-state index contributed by atoms with van der Waals surface area (Å²) in [7, 11) is 0. The SMILES string of the molecule is CC(C)(C)c1cc(-c2cc(C(C)(C)C)ccn2)[c-]c(C2(c3[c-]c(-c4cc(C(C)(C)C)ccn4)ccc3)c3ccccc3-c3ccccc32)c1.[Pt+2]. The maximum absolute atomic E-state index is 4.93. The Balaban J connectivity index is 0.00000432. The zero-order valence-corrected chi connectivity index (χ0v) is 33.0. The Kier molecular flexibility index (Phi) is 9.19. The van der Waals surface area contributed by atoms with Crippen molar-refractivity contribution in [3.8, 4) is 33.6 Å². The fourth-order valence-electron chi connectivity index (χ4n) is 7.23. The van der Waals surface area contributed by atoms with Gasteiger partial charge in [0.2, 0.25) is 0 Å². The quantitative estimate of drug-likeness (QED) is 0.165. The van der Waals surface area contributed by atoms with Crippen LogP contribution >= 0.6 is 0 Å². The van der Waals surface area contributed by atoms with E-state index in [0.29, 0.717) is 0 Å². The summed E-state index contributed by atoms with van der Waals surface area (Å²) in [4.78, 5) is 9.79. The van der Waals surface area contributed by atoms with E-state index in [1.165, 1.54) is 38.9 Å². The molecule has 0 atom stereocenters. The molecule has 254 valence electrons. The molecule has 0 radical (unpaired) electrons. The molecule has 1 aliphatic rings. The van der Waals surface area contributed by atoms with Gasteiger partial charge in [0.15, 0.2) is 0 Å². The van der Waals surface area contributed by atoms with Crippen molar-refractivity contribution in [2.45, 2.75) is 84.0 Å². The van der Waals surface area contributed by atoms with Gasteiger partial charge in [-0.2, -0.15) is 0 Å². The summed E-state index contributed by atoms with van der Waals surface area (Å²) in [5, 5.41) is 0. The molecule has 1 aliphatic carbocycles. The van der Waals surface area contributed by atoms with E-state index in [4.69, 9.17) is 9.97 Å². The van der Waals surface area contributed by atoms with Crippen molar-refractivity contribution in [2.24, 2.45) is 0 Å². The molecule has 0 fully saturated rings. The van der Waals surface area contributed by atoms with Crippen LogP contribution in [0.15, 0.2) is 116 Å². The first-order valence-corrected chi connectivity index (χ1v) is 17.4. The summed E-state index contributed by atoms with van der Waals surface area (Å²) in [6.45, 7) is 20.4. The van der Waals surface area contributed by atoms with Crippen LogP contribution in [0.1, 0.15) is 101 Å². The molecule has 3 heteroatoms. The fraction of sp³-hybridized carbons (Fsp3) is 0.277. The maximum atomic E-state index is 4.93. The Labute approximate surface area is 313 Å². The second-order valence-corrected chi connectivity index (χ2v) is 16.6. The van der Waals surface area contributed by atoms with Crippen molar-refractivity contribution < 1.29 is 21.1 Å². The Morgan fingerprint density at radius 2 is 0.940 bits per heavy atom. The summed E-state index contributed by atoms with van der Waals surface area (Å²) in [6.07, 6.45) is 3.87. The summed E-state index contributed by atoms with van der Waals surface area (Å²) in [5.74, 6) is 0. The van der Waals surface area contributed by atoms with Crippen LogP contribution in [0.4, 0.5) is 0 Å². The predicted octanol–water partition coefficient (Wildman–Crippen LogP) is 11.7. The molecule has 0 amide bonds. The van der Waals surface area contributed by atoms with E-state index >= 15 is 0 Å². The van der Waals surface area contributed by atoms with Gasteiger partial charge in [0.1, 0.15) is 0 Å². The summed E-state index contributed by atoms with van der Waals surface area (Å²) >= 11 is 0. The number of nitrogens with zero attached hydrogens (tertiary/aromatic N) is 2. The van der Waals surface area contributed by atoms with Gasteiger partial charge in [-0.05, 0) is 73.1 Å². The van der Waals surface area contributed by atoms with Crippen molar-refractivity contribution in [1.82, 2.24) is 9.97 Å². The molecule has 0 saturated heterocycles. The number of pyridine rings is 2. The van der Waals surface area contributed by atoms with Crippen LogP contribution in [-0.4, -0.2) is 9.97 Å². The number of hydrogen-bond donors (Lipinski definition) is 0. The smallest absolute Gasteiger partial charge is 0.305 e. The van der Waals surface area contributed by atoms with Crippen LogP contribution < -0.4 is 0 Å². The number of fused-ring (bicyclic) bond motifs is 3. The molecule has 2 heterocycles. The van der Waals surface area contributed by atoms with Gasteiger partial charge >= 0.3 is 21.1 Å². The second-order valence-electron chi connectivity index (χ2n) is 16.6. The monoisotopic (exact) mass is 833 g/mol. The Morgan fingerprint density at radius 1 is 0.460 bits per heavy atom. The summed E-state index contributed by atoms with van der Waals surface area (Å²) in [6, 6.07) is 45.6. The normalized spacial score (nSPS) is 13.7.